The molecule has 17 heavy (non-hydrogen) atoms. The van der Waals surface area contributed by atoms with Crippen LogP contribution in [0.5, 0.6) is 0 Å². The zero-order valence-corrected chi connectivity index (χ0v) is 12.2. The largest absolute Gasteiger partial charge is 0.397 e. The van der Waals surface area contributed by atoms with Crippen molar-refractivity contribution >= 4 is 50.2 Å². The number of para-hydroxylation sites is 1. The summed E-state index contributed by atoms with van der Waals surface area (Å²) in [6.07, 6.45) is 0.959. The van der Waals surface area contributed by atoms with Crippen LogP contribution in [0.4, 0.5) is 11.4 Å². The van der Waals surface area contributed by atoms with E-state index in [9.17, 15) is 0 Å². The van der Waals surface area contributed by atoms with E-state index in [2.05, 4.69) is 33.4 Å². The molecule has 90 valence electrons. The number of rotatable bonds is 4. The van der Waals surface area contributed by atoms with Gasteiger partial charge in [0.1, 0.15) is 0 Å². The Bertz CT molecular complexity index is 493. The number of hydrogen-bond donors (Lipinski definition) is 2. The lowest BCUT2D eigenvalue weighted by molar-refractivity contribution is 1.05. The zero-order chi connectivity index (χ0) is 12.3. The van der Waals surface area contributed by atoms with Crippen LogP contribution >= 0.6 is 38.9 Å². The number of nitrogens with one attached hydrogen (secondary N) is 1. The fourth-order valence-electron chi connectivity index (χ4n) is 1.52. The minimum atomic E-state index is 0.664. The van der Waals surface area contributed by atoms with Crippen LogP contribution in [0.3, 0.4) is 0 Å². The maximum Gasteiger partial charge on any atom is 0.0763 e. The molecule has 0 saturated heterocycles. The molecule has 0 bridgehead atoms. The lowest BCUT2D eigenvalue weighted by atomic mass is 10.2. The second kappa shape index (κ2) is 5.76. The Kier molecular flexibility index (Phi) is 4.31. The van der Waals surface area contributed by atoms with Crippen LogP contribution in [-0.4, -0.2) is 6.54 Å². The molecule has 3 N–H and O–H groups in total. The molecule has 0 aliphatic rings. The summed E-state index contributed by atoms with van der Waals surface area (Å²) in [4.78, 5) is 1.33. The molecule has 2 nitrogen and oxygen atoms in total. The van der Waals surface area contributed by atoms with Gasteiger partial charge >= 0.3 is 0 Å². The van der Waals surface area contributed by atoms with Crippen molar-refractivity contribution in [2.24, 2.45) is 0 Å². The van der Waals surface area contributed by atoms with Crippen molar-refractivity contribution in [1.29, 1.82) is 0 Å². The molecule has 5 heteroatoms. The molecule has 1 aromatic heterocycles. The van der Waals surface area contributed by atoms with Crippen LogP contribution in [0.15, 0.2) is 34.1 Å². The van der Waals surface area contributed by atoms with Gasteiger partial charge in [-0.25, -0.2) is 0 Å². The summed E-state index contributed by atoms with van der Waals surface area (Å²) < 4.78 is 1.16. The number of thiophene rings is 1. The van der Waals surface area contributed by atoms with Crippen LogP contribution in [-0.2, 0) is 6.42 Å². The molecule has 0 atom stereocenters. The normalized spacial score (nSPS) is 10.5. The SMILES string of the molecule is Nc1cccc(Cl)c1NCCc1ccc(Br)s1. The molecule has 0 aliphatic heterocycles. The van der Waals surface area contributed by atoms with Crippen LogP contribution < -0.4 is 11.1 Å². The van der Waals surface area contributed by atoms with E-state index in [-0.39, 0.29) is 0 Å². The molecule has 0 radical (unpaired) electrons. The summed E-state index contributed by atoms with van der Waals surface area (Å²) in [5, 5.41) is 3.94. The highest BCUT2D eigenvalue weighted by Gasteiger charge is 2.04. The summed E-state index contributed by atoms with van der Waals surface area (Å²) in [6, 6.07) is 9.70. The minimum Gasteiger partial charge on any atom is -0.397 e. The molecule has 2 rings (SSSR count). The highest BCUT2D eigenvalue weighted by Crippen LogP contribution is 2.28. The van der Waals surface area contributed by atoms with Crippen LogP contribution in [0.1, 0.15) is 4.88 Å². The van der Waals surface area contributed by atoms with E-state index in [0.29, 0.717) is 10.7 Å². The third-order valence-corrected chi connectivity index (χ3v) is 4.35. The summed E-state index contributed by atoms with van der Waals surface area (Å²) >= 11 is 11.3. The van der Waals surface area contributed by atoms with E-state index in [1.54, 1.807) is 11.3 Å². The van der Waals surface area contributed by atoms with Gasteiger partial charge in [-0.05, 0) is 46.6 Å². The molecule has 0 fully saturated rings. The number of benzene rings is 1. The van der Waals surface area contributed by atoms with Gasteiger partial charge in [0.25, 0.3) is 0 Å². The van der Waals surface area contributed by atoms with Crippen molar-refractivity contribution < 1.29 is 0 Å². The van der Waals surface area contributed by atoms with Gasteiger partial charge in [-0.3, -0.25) is 0 Å². The highest BCUT2D eigenvalue weighted by molar-refractivity contribution is 9.11. The summed E-state index contributed by atoms with van der Waals surface area (Å²) in [6.45, 7) is 0.820. The Hall–Kier alpha value is -0.710. The van der Waals surface area contributed by atoms with Gasteiger partial charge in [0.15, 0.2) is 0 Å². The van der Waals surface area contributed by atoms with Crippen molar-refractivity contribution in [2.45, 2.75) is 6.42 Å². The van der Waals surface area contributed by atoms with Crippen LogP contribution in [0, 0.1) is 0 Å². The van der Waals surface area contributed by atoms with Gasteiger partial charge in [-0.15, -0.1) is 11.3 Å². The third kappa shape index (κ3) is 3.37. The Morgan fingerprint density at radius 1 is 1.29 bits per heavy atom. The standard InChI is InChI=1S/C12H12BrClN2S/c13-11-5-4-8(17-11)6-7-16-12-9(14)2-1-3-10(12)15/h1-5,16H,6-7,15H2. The zero-order valence-electron chi connectivity index (χ0n) is 9.04. The highest BCUT2D eigenvalue weighted by atomic mass is 79.9. The number of anilines is 2. The number of halogens is 2. The smallest absolute Gasteiger partial charge is 0.0763 e. The average Bonchev–Trinajstić information content (AvgIpc) is 2.69. The van der Waals surface area contributed by atoms with Gasteiger partial charge in [-0.1, -0.05) is 17.7 Å². The third-order valence-electron chi connectivity index (χ3n) is 2.35. The Morgan fingerprint density at radius 3 is 2.76 bits per heavy atom. The average molecular weight is 332 g/mol. The molecule has 1 heterocycles. The van der Waals surface area contributed by atoms with Gasteiger partial charge in [0.2, 0.25) is 0 Å². The molecule has 0 saturated carbocycles. The fourth-order valence-corrected chi connectivity index (χ4v) is 3.26. The number of hydrogen-bond acceptors (Lipinski definition) is 3. The van der Waals surface area contributed by atoms with E-state index in [0.717, 1.165) is 22.4 Å². The predicted molar refractivity (Wildman–Crippen MR) is 80.1 cm³/mol. The second-order valence-corrected chi connectivity index (χ2v) is 6.54. The second-order valence-electron chi connectivity index (χ2n) is 3.59. The lowest BCUT2D eigenvalue weighted by Crippen LogP contribution is -2.06. The van der Waals surface area contributed by atoms with Crippen molar-refractivity contribution in [1.82, 2.24) is 0 Å². The first-order chi connectivity index (χ1) is 8.16. The molecule has 2 aromatic rings. The molecule has 0 unspecified atom stereocenters. The Balaban J connectivity index is 1.94. The van der Waals surface area contributed by atoms with Crippen LogP contribution in [0.25, 0.3) is 0 Å². The van der Waals surface area contributed by atoms with Gasteiger partial charge in [-0.2, -0.15) is 0 Å². The molecule has 0 spiro atoms. The first kappa shape index (κ1) is 12.7. The number of nitrogen functional groups attached to an aromatic ring is 1. The number of nitrogens with two attached hydrogens (primary N) is 1. The van der Waals surface area contributed by atoms with E-state index < -0.39 is 0 Å². The summed E-state index contributed by atoms with van der Waals surface area (Å²) in [5.41, 5.74) is 7.36. The topological polar surface area (TPSA) is 38.0 Å². The van der Waals surface area contributed by atoms with Crippen molar-refractivity contribution in [3.8, 4) is 0 Å². The van der Waals surface area contributed by atoms with E-state index in [4.69, 9.17) is 17.3 Å². The molecule has 1 aromatic carbocycles. The quantitative estimate of drug-likeness (QED) is 0.815. The van der Waals surface area contributed by atoms with Gasteiger partial charge < -0.3 is 11.1 Å². The van der Waals surface area contributed by atoms with E-state index in [1.807, 2.05) is 18.2 Å². The minimum absolute atomic E-state index is 0.664. The molecule has 0 amide bonds. The maximum absolute atomic E-state index is 6.07. The maximum atomic E-state index is 6.07. The van der Waals surface area contributed by atoms with Crippen molar-refractivity contribution in [2.75, 3.05) is 17.6 Å². The van der Waals surface area contributed by atoms with Gasteiger partial charge in [0, 0.05) is 11.4 Å². The monoisotopic (exact) mass is 330 g/mol. The molecular formula is C12H12BrClN2S. The molecular weight excluding hydrogens is 320 g/mol. The fraction of sp³-hybridized carbons (Fsp3) is 0.167. The Morgan fingerprint density at radius 2 is 2.12 bits per heavy atom. The Labute approximate surface area is 118 Å². The molecule has 0 aliphatic carbocycles. The van der Waals surface area contributed by atoms with E-state index >= 15 is 0 Å². The lowest BCUT2D eigenvalue weighted by Gasteiger charge is -2.10. The van der Waals surface area contributed by atoms with E-state index in [1.165, 1.54) is 4.88 Å². The summed E-state index contributed by atoms with van der Waals surface area (Å²) in [7, 11) is 0. The first-order valence-corrected chi connectivity index (χ1v) is 7.17. The first-order valence-electron chi connectivity index (χ1n) is 5.19. The van der Waals surface area contributed by atoms with Crippen LogP contribution in [0.2, 0.25) is 5.02 Å². The van der Waals surface area contributed by atoms with Crippen molar-refractivity contribution in [3.05, 3.63) is 44.0 Å². The van der Waals surface area contributed by atoms with Crippen molar-refractivity contribution in [3.63, 3.8) is 0 Å². The predicted octanol–water partition coefficient (Wildman–Crippen LogP) is 4.40. The van der Waals surface area contributed by atoms with Gasteiger partial charge in [0.05, 0.1) is 20.2 Å². The summed E-state index contributed by atoms with van der Waals surface area (Å²) in [5.74, 6) is 0.